The second-order valence-electron chi connectivity index (χ2n) is 6.04. The molecule has 1 amide bonds. The van der Waals surface area contributed by atoms with Gasteiger partial charge in [0.25, 0.3) is 5.91 Å². The first-order chi connectivity index (χ1) is 12.5. The van der Waals surface area contributed by atoms with Crippen LogP contribution in [0.3, 0.4) is 0 Å². The van der Waals surface area contributed by atoms with Crippen LogP contribution in [0, 0.1) is 0 Å². The SMILES string of the molecule is CC(C)NC(=O)COC(=O)CS[C@H](c1ccccc1)c1ccc(Cl)cc1. The number of thioether (sulfide) groups is 1. The molecule has 0 saturated carbocycles. The van der Waals surface area contributed by atoms with Crippen LogP contribution < -0.4 is 5.32 Å². The molecule has 0 spiro atoms. The van der Waals surface area contributed by atoms with Gasteiger partial charge in [-0.3, -0.25) is 9.59 Å². The van der Waals surface area contributed by atoms with Gasteiger partial charge >= 0.3 is 5.97 Å². The summed E-state index contributed by atoms with van der Waals surface area (Å²) in [5.74, 6) is -0.559. The summed E-state index contributed by atoms with van der Waals surface area (Å²) < 4.78 is 5.05. The van der Waals surface area contributed by atoms with E-state index in [4.69, 9.17) is 16.3 Å². The number of carbonyl (C=O) groups is 2. The minimum atomic E-state index is -0.413. The van der Waals surface area contributed by atoms with Crippen molar-refractivity contribution < 1.29 is 14.3 Å². The summed E-state index contributed by atoms with van der Waals surface area (Å²) in [5.41, 5.74) is 2.14. The quantitative estimate of drug-likeness (QED) is 0.684. The first-order valence-corrected chi connectivity index (χ1v) is 9.75. The molecule has 4 nitrogen and oxygen atoms in total. The summed E-state index contributed by atoms with van der Waals surface area (Å²) in [6.07, 6.45) is 0. The Balaban J connectivity index is 1.98. The summed E-state index contributed by atoms with van der Waals surface area (Å²) >= 11 is 7.44. The standard InChI is InChI=1S/C20H22ClNO3S/c1-14(2)22-18(23)12-25-19(24)13-26-20(15-6-4-3-5-7-15)16-8-10-17(21)11-9-16/h3-11,14,20H,12-13H2,1-2H3,(H,22,23)/t20-/m1/s1. The van der Waals surface area contributed by atoms with Crippen LogP contribution >= 0.6 is 23.4 Å². The fraction of sp³-hybridized carbons (Fsp3) is 0.300. The predicted octanol–water partition coefficient (Wildman–Crippen LogP) is 4.23. The van der Waals surface area contributed by atoms with Crippen LogP contribution in [0.2, 0.25) is 5.02 Å². The van der Waals surface area contributed by atoms with Gasteiger partial charge in [0.15, 0.2) is 6.61 Å². The van der Waals surface area contributed by atoms with E-state index >= 15 is 0 Å². The van der Waals surface area contributed by atoms with Crippen LogP contribution in [0.25, 0.3) is 0 Å². The van der Waals surface area contributed by atoms with Gasteiger partial charge < -0.3 is 10.1 Å². The van der Waals surface area contributed by atoms with Crippen molar-refractivity contribution >= 4 is 35.2 Å². The van der Waals surface area contributed by atoms with Crippen LogP contribution in [0.4, 0.5) is 0 Å². The average Bonchev–Trinajstić information content (AvgIpc) is 2.62. The van der Waals surface area contributed by atoms with Crippen LogP contribution in [0.1, 0.15) is 30.2 Å². The van der Waals surface area contributed by atoms with Crippen LogP contribution in [0.5, 0.6) is 0 Å². The van der Waals surface area contributed by atoms with Crippen molar-refractivity contribution in [2.24, 2.45) is 0 Å². The highest BCUT2D eigenvalue weighted by molar-refractivity contribution is 8.00. The van der Waals surface area contributed by atoms with E-state index in [0.29, 0.717) is 5.02 Å². The van der Waals surface area contributed by atoms with Gasteiger partial charge in [0.2, 0.25) is 0 Å². The molecule has 2 aromatic carbocycles. The number of halogens is 1. The zero-order valence-electron chi connectivity index (χ0n) is 14.8. The number of nitrogens with one attached hydrogen (secondary N) is 1. The van der Waals surface area contributed by atoms with Crippen molar-refractivity contribution in [3.8, 4) is 0 Å². The lowest BCUT2D eigenvalue weighted by atomic mass is 10.0. The third-order valence-electron chi connectivity index (χ3n) is 3.46. The molecule has 1 atom stereocenters. The van der Waals surface area contributed by atoms with E-state index in [2.05, 4.69) is 5.32 Å². The van der Waals surface area contributed by atoms with Crippen molar-refractivity contribution in [1.82, 2.24) is 5.32 Å². The normalized spacial score (nSPS) is 11.8. The van der Waals surface area contributed by atoms with Crippen molar-refractivity contribution in [1.29, 1.82) is 0 Å². The maximum absolute atomic E-state index is 12.0. The molecule has 0 bridgehead atoms. The number of rotatable bonds is 8. The molecule has 0 radical (unpaired) electrons. The van der Waals surface area contributed by atoms with E-state index in [0.717, 1.165) is 11.1 Å². The van der Waals surface area contributed by atoms with E-state index in [-0.39, 0.29) is 29.6 Å². The van der Waals surface area contributed by atoms with Gasteiger partial charge in [-0.1, -0.05) is 54.1 Å². The predicted molar refractivity (Wildman–Crippen MR) is 106 cm³/mol. The molecule has 6 heteroatoms. The lowest BCUT2D eigenvalue weighted by Crippen LogP contribution is -2.34. The van der Waals surface area contributed by atoms with Crippen LogP contribution in [0.15, 0.2) is 54.6 Å². The van der Waals surface area contributed by atoms with Gasteiger partial charge in [-0.05, 0) is 37.1 Å². The molecule has 0 heterocycles. The smallest absolute Gasteiger partial charge is 0.316 e. The fourth-order valence-electron chi connectivity index (χ4n) is 2.35. The van der Waals surface area contributed by atoms with Gasteiger partial charge in [0, 0.05) is 11.1 Å². The van der Waals surface area contributed by atoms with Crippen LogP contribution in [-0.4, -0.2) is 30.3 Å². The Morgan fingerprint density at radius 2 is 1.65 bits per heavy atom. The molecule has 2 rings (SSSR count). The number of hydrogen-bond acceptors (Lipinski definition) is 4. The molecular weight excluding hydrogens is 370 g/mol. The molecule has 26 heavy (non-hydrogen) atoms. The molecule has 0 aliphatic heterocycles. The molecule has 138 valence electrons. The highest BCUT2D eigenvalue weighted by atomic mass is 35.5. The molecule has 0 saturated heterocycles. The average molecular weight is 392 g/mol. The molecule has 0 fully saturated rings. The first-order valence-electron chi connectivity index (χ1n) is 8.32. The Hall–Kier alpha value is -1.98. The molecule has 2 aromatic rings. The van der Waals surface area contributed by atoms with Crippen molar-refractivity contribution in [2.45, 2.75) is 25.1 Å². The Morgan fingerprint density at radius 3 is 2.27 bits per heavy atom. The zero-order chi connectivity index (χ0) is 18.9. The van der Waals surface area contributed by atoms with Crippen molar-refractivity contribution in [2.75, 3.05) is 12.4 Å². The molecule has 0 aliphatic carbocycles. The Bertz CT molecular complexity index is 720. The minimum Gasteiger partial charge on any atom is -0.455 e. The number of carbonyl (C=O) groups excluding carboxylic acids is 2. The van der Waals surface area contributed by atoms with Gasteiger partial charge in [0.05, 0.1) is 11.0 Å². The molecule has 1 N–H and O–H groups in total. The number of hydrogen-bond donors (Lipinski definition) is 1. The number of ether oxygens (including phenoxy) is 1. The first kappa shape index (κ1) is 20.3. The maximum Gasteiger partial charge on any atom is 0.316 e. The lowest BCUT2D eigenvalue weighted by molar-refractivity contribution is -0.146. The molecule has 0 aromatic heterocycles. The second kappa shape index (κ2) is 10.2. The Labute approximate surface area is 163 Å². The van der Waals surface area contributed by atoms with Crippen LogP contribution in [-0.2, 0) is 14.3 Å². The van der Waals surface area contributed by atoms with E-state index in [9.17, 15) is 9.59 Å². The lowest BCUT2D eigenvalue weighted by Gasteiger charge is -2.17. The van der Waals surface area contributed by atoms with Gasteiger partial charge in [-0.25, -0.2) is 0 Å². The van der Waals surface area contributed by atoms with Crippen molar-refractivity contribution in [3.05, 3.63) is 70.7 Å². The minimum absolute atomic E-state index is 0.0166. The van der Waals surface area contributed by atoms with E-state index in [1.54, 1.807) is 0 Å². The monoisotopic (exact) mass is 391 g/mol. The zero-order valence-corrected chi connectivity index (χ0v) is 16.3. The molecular formula is C20H22ClNO3S. The Kier molecular flexibility index (Phi) is 8.01. The highest BCUT2D eigenvalue weighted by Gasteiger charge is 2.17. The van der Waals surface area contributed by atoms with Gasteiger partial charge in [-0.2, -0.15) is 0 Å². The third-order valence-corrected chi connectivity index (χ3v) is 4.99. The summed E-state index contributed by atoms with van der Waals surface area (Å²) in [5, 5.41) is 3.33. The summed E-state index contributed by atoms with van der Waals surface area (Å²) in [6.45, 7) is 3.45. The van der Waals surface area contributed by atoms with Crippen molar-refractivity contribution in [3.63, 3.8) is 0 Å². The van der Waals surface area contributed by atoms with Gasteiger partial charge in [-0.15, -0.1) is 11.8 Å². The number of esters is 1. The summed E-state index contributed by atoms with van der Waals surface area (Å²) in [4.78, 5) is 23.6. The third kappa shape index (κ3) is 6.73. The Morgan fingerprint density at radius 1 is 1.04 bits per heavy atom. The summed E-state index contributed by atoms with van der Waals surface area (Å²) in [6, 6.07) is 17.5. The van der Waals surface area contributed by atoms with E-state index < -0.39 is 5.97 Å². The molecule has 0 unspecified atom stereocenters. The topological polar surface area (TPSA) is 55.4 Å². The van der Waals surface area contributed by atoms with E-state index in [1.807, 2.05) is 68.4 Å². The maximum atomic E-state index is 12.0. The van der Waals surface area contributed by atoms with E-state index in [1.165, 1.54) is 11.8 Å². The van der Waals surface area contributed by atoms with Gasteiger partial charge in [0.1, 0.15) is 0 Å². The summed E-state index contributed by atoms with van der Waals surface area (Å²) in [7, 11) is 0. The fourth-order valence-corrected chi connectivity index (χ4v) is 3.56. The molecule has 0 aliphatic rings. The number of benzene rings is 2. The highest BCUT2D eigenvalue weighted by Crippen LogP contribution is 2.36. The largest absolute Gasteiger partial charge is 0.455 e. The number of amides is 1. The second-order valence-corrected chi connectivity index (χ2v) is 7.57.